The van der Waals surface area contributed by atoms with Gasteiger partial charge in [0.2, 0.25) is 5.43 Å². The van der Waals surface area contributed by atoms with Crippen molar-refractivity contribution < 1.29 is 13.2 Å². The Kier molecular flexibility index (Phi) is 4.44. The van der Waals surface area contributed by atoms with Crippen LogP contribution in [0.25, 0.3) is 5.69 Å². The number of hydrogen-bond acceptors (Lipinski definition) is 3. The summed E-state index contributed by atoms with van der Waals surface area (Å²) in [5.41, 5.74) is 5.12. The standard InChI is InChI=1S/C12H10F3N3O.ClH/c1-7-6-10(19)11(16)17-18(7)9-4-2-8(3-5-9)12(13,14)15;/h2-6H,1H3,(H2,16,17);1H. The van der Waals surface area contributed by atoms with Crippen molar-refractivity contribution in [3.63, 3.8) is 0 Å². The van der Waals surface area contributed by atoms with E-state index < -0.39 is 17.2 Å². The number of halogens is 4. The van der Waals surface area contributed by atoms with Crippen LogP contribution in [0, 0.1) is 6.92 Å². The molecule has 108 valence electrons. The minimum Gasteiger partial charge on any atom is -0.379 e. The fourth-order valence-corrected chi connectivity index (χ4v) is 1.61. The second kappa shape index (κ2) is 5.54. The van der Waals surface area contributed by atoms with Gasteiger partial charge in [-0.2, -0.15) is 13.2 Å². The number of rotatable bonds is 1. The Hall–Kier alpha value is -2.02. The van der Waals surface area contributed by atoms with Gasteiger partial charge in [-0.05, 0) is 31.2 Å². The Bertz CT molecular complexity index is 665. The molecule has 0 radical (unpaired) electrons. The highest BCUT2D eigenvalue weighted by atomic mass is 35.5. The number of aromatic nitrogens is 2. The van der Waals surface area contributed by atoms with E-state index in [1.165, 1.54) is 22.9 Å². The first-order valence-electron chi connectivity index (χ1n) is 5.33. The van der Waals surface area contributed by atoms with Crippen molar-refractivity contribution in [1.29, 1.82) is 0 Å². The van der Waals surface area contributed by atoms with Gasteiger partial charge in [0.1, 0.15) is 0 Å². The van der Waals surface area contributed by atoms with Crippen molar-refractivity contribution in [2.75, 3.05) is 5.73 Å². The van der Waals surface area contributed by atoms with E-state index in [-0.39, 0.29) is 18.2 Å². The number of benzene rings is 1. The molecule has 2 aromatic rings. The summed E-state index contributed by atoms with van der Waals surface area (Å²) in [6.45, 7) is 1.62. The fourth-order valence-electron chi connectivity index (χ4n) is 1.61. The monoisotopic (exact) mass is 305 g/mol. The van der Waals surface area contributed by atoms with Gasteiger partial charge in [-0.25, -0.2) is 4.68 Å². The smallest absolute Gasteiger partial charge is 0.379 e. The Morgan fingerprint density at radius 1 is 1.20 bits per heavy atom. The summed E-state index contributed by atoms with van der Waals surface area (Å²) in [5, 5.41) is 3.84. The van der Waals surface area contributed by atoms with Crippen molar-refractivity contribution in [2.24, 2.45) is 0 Å². The molecule has 0 amide bonds. The molecular formula is C12H11ClF3N3O. The molecule has 4 nitrogen and oxygen atoms in total. The van der Waals surface area contributed by atoms with E-state index in [0.717, 1.165) is 12.1 Å². The van der Waals surface area contributed by atoms with Gasteiger partial charge in [0.25, 0.3) is 0 Å². The summed E-state index contributed by atoms with van der Waals surface area (Å²) in [6, 6.07) is 5.72. The molecule has 1 aromatic carbocycles. The number of nitrogen functional groups attached to an aromatic ring is 1. The number of hydrogen-bond donors (Lipinski definition) is 1. The van der Waals surface area contributed by atoms with Crippen LogP contribution in [0.3, 0.4) is 0 Å². The Balaban J connectivity index is 0.00000200. The maximum absolute atomic E-state index is 12.4. The van der Waals surface area contributed by atoms with E-state index in [0.29, 0.717) is 11.4 Å². The van der Waals surface area contributed by atoms with Gasteiger partial charge in [-0.1, -0.05) is 0 Å². The lowest BCUT2D eigenvalue weighted by atomic mass is 10.2. The predicted molar refractivity (Wildman–Crippen MR) is 71.2 cm³/mol. The van der Waals surface area contributed by atoms with E-state index >= 15 is 0 Å². The molecule has 1 aromatic heterocycles. The van der Waals surface area contributed by atoms with Crippen LogP contribution in [0.2, 0.25) is 0 Å². The van der Waals surface area contributed by atoms with Gasteiger partial charge in [0, 0.05) is 11.8 Å². The molecule has 2 rings (SSSR count). The second-order valence-electron chi connectivity index (χ2n) is 3.99. The molecule has 8 heteroatoms. The summed E-state index contributed by atoms with van der Waals surface area (Å²) in [5.74, 6) is -0.203. The van der Waals surface area contributed by atoms with Crippen molar-refractivity contribution >= 4 is 18.2 Å². The summed E-state index contributed by atoms with van der Waals surface area (Å²) in [7, 11) is 0. The quantitative estimate of drug-likeness (QED) is 0.881. The first-order chi connectivity index (χ1) is 8.79. The normalized spacial score (nSPS) is 11.0. The van der Waals surface area contributed by atoms with E-state index in [9.17, 15) is 18.0 Å². The lowest BCUT2D eigenvalue weighted by molar-refractivity contribution is -0.137. The van der Waals surface area contributed by atoms with Crippen LogP contribution in [-0.4, -0.2) is 9.78 Å². The lowest BCUT2D eigenvalue weighted by Gasteiger charge is -2.11. The summed E-state index contributed by atoms with van der Waals surface area (Å²) < 4.78 is 38.6. The molecule has 20 heavy (non-hydrogen) atoms. The molecule has 0 bridgehead atoms. The first-order valence-corrected chi connectivity index (χ1v) is 5.33. The van der Waals surface area contributed by atoms with Gasteiger partial charge in [-0.15, -0.1) is 17.5 Å². The molecule has 0 aliphatic heterocycles. The third-order valence-corrected chi connectivity index (χ3v) is 2.57. The van der Waals surface area contributed by atoms with Crippen LogP contribution in [0.15, 0.2) is 35.1 Å². The largest absolute Gasteiger partial charge is 0.416 e. The highest BCUT2D eigenvalue weighted by Crippen LogP contribution is 2.29. The topological polar surface area (TPSA) is 60.9 Å². The molecule has 1 heterocycles. The molecule has 0 atom stereocenters. The fraction of sp³-hybridized carbons (Fsp3) is 0.167. The minimum atomic E-state index is -4.39. The number of nitrogens with zero attached hydrogens (tertiary/aromatic N) is 2. The van der Waals surface area contributed by atoms with E-state index in [1.54, 1.807) is 6.92 Å². The minimum absolute atomic E-state index is 0. The number of aryl methyl sites for hydroxylation is 1. The van der Waals surface area contributed by atoms with Crippen molar-refractivity contribution in [2.45, 2.75) is 13.1 Å². The van der Waals surface area contributed by atoms with Gasteiger partial charge < -0.3 is 5.73 Å². The van der Waals surface area contributed by atoms with Crippen molar-refractivity contribution in [3.8, 4) is 5.69 Å². The lowest BCUT2D eigenvalue weighted by Crippen LogP contribution is -2.17. The van der Waals surface area contributed by atoms with Crippen LogP contribution >= 0.6 is 12.4 Å². The summed E-state index contributed by atoms with van der Waals surface area (Å²) in [4.78, 5) is 11.3. The highest BCUT2D eigenvalue weighted by Gasteiger charge is 2.30. The SMILES string of the molecule is Cc1cc(=O)c(N)nn1-c1ccc(C(F)(F)F)cc1.Cl. The molecule has 0 aliphatic rings. The third kappa shape index (κ3) is 3.11. The van der Waals surface area contributed by atoms with Crippen molar-refractivity contribution in [3.05, 3.63) is 51.8 Å². The van der Waals surface area contributed by atoms with E-state index in [1.807, 2.05) is 0 Å². The van der Waals surface area contributed by atoms with Crippen LogP contribution < -0.4 is 11.2 Å². The van der Waals surface area contributed by atoms with Gasteiger partial charge in [0.05, 0.1) is 11.3 Å². The first kappa shape index (κ1) is 16.0. The highest BCUT2D eigenvalue weighted by molar-refractivity contribution is 5.85. The number of alkyl halides is 3. The average molecular weight is 306 g/mol. The van der Waals surface area contributed by atoms with Crippen LogP contribution in [-0.2, 0) is 6.18 Å². The molecule has 0 saturated carbocycles. The Morgan fingerprint density at radius 3 is 2.25 bits per heavy atom. The zero-order chi connectivity index (χ0) is 14.2. The van der Waals surface area contributed by atoms with E-state index in [4.69, 9.17) is 5.73 Å². The summed E-state index contributed by atoms with van der Waals surface area (Å²) in [6.07, 6.45) is -4.39. The number of anilines is 1. The van der Waals surface area contributed by atoms with Gasteiger partial charge in [0.15, 0.2) is 5.82 Å². The van der Waals surface area contributed by atoms with Crippen LogP contribution in [0.5, 0.6) is 0 Å². The molecule has 2 N–H and O–H groups in total. The molecule has 0 spiro atoms. The maximum atomic E-state index is 12.4. The summed E-state index contributed by atoms with van der Waals surface area (Å²) >= 11 is 0. The molecular weight excluding hydrogens is 295 g/mol. The van der Waals surface area contributed by atoms with Crippen molar-refractivity contribution in [1.82, 2.24) is 9.78 Å². The third-order valence-electron chi connectivity index (χ3n) is 2.57. The van der Waals surface area contributed by atoms with Crippen LogP contribution in [0.1, 0.15) is 11.3 Å². The second-order valence-corrected chi connectivity index (χ2v) is 3.99. The van der Waals surface area contributed by atoms with Gasteiger partial charge >= 0.3 is 6.18 Å². The zero-order valence-electron chi connectivity index (χ0n) is 10.3. The maximum Gasteiger partial charge on any atom is 0.416 e. The molecule has 0 unspecified atom stereocenters. The average Bonchev–Trinajstić information content (AvgIpc) is 2.33. The Labute approximate surface area is 118 Å². The van der Waals surface area contributed by atoms with Crippen LogP contribution in [0.4, 0.5) is 19.0 Å². The molecule has 0 aliphatic carbocycles. The van der Waals surface area contributed by atoms with Gasteiger partial charge in [-0.3, -0.25) is 4.79 Å². The molecule has 0 fully saturated rings. The zero-order valence-corrected chi connectivity index (χ0v) is 11.1. The Morgan fingerprint density at radius 2 is 1.75 bits per heavy atom. The van der Waals surface area contributed by atoms with E-state index in [2.05, 4.69) is 5.10 Å². The number of nitrogens with two attached hydrogens (primary N) is 1. The molecule has 0 saturated heterocycles. The predicted octanol–water partition coefficient (Wildman–Crippen LogP) is 2.56.